The van der Waals surface area contributed by atoms with E-state index >= 15 is 0 Å². The Labute approximate surface area is 130 Å². The van der Waals surface area contributed by atoms with E-state index in [-0.39, 0.29) is 11.7 Å². The van der Waals surface area contributed by atoms with E-state index in [0.29, 0.717) is 12.6 Å². The summed E-state index contributed by atoms with van der Waals surface area (Å²) in [7, 11) is 0. The van der Waals surface area contributed by atoms with E-state index in [4.69, 9.17) is 0 Å². The second-order valence-electron chi connectivity index (χ2n) is 6.09. The molecule has 1 aliphatic rings. The van der Waals surface area contributed by atoms with Crippen molar-refractivity contribution < 1.29 is 9.18 Å². The van der Waals surface area contributed by atoms with E-state index in [1.165, 1.54) is 17.7 Å². The highest BCUT2D eigenvalue weighted by Gasteiger charge is 2.33. The Hall–Kier alpha value is -2.16. The van der Waals surface area contributed by atoms with Gasteiger partial charge >= 0.3 is 0 Å². The van der Waals surface area contributed by atoms with Gasteiger partial charge in [-0.25, -0.2) is 4.39 Å². The van der Waals surface area contributed by atoms with Crippen LogP contribution in [0.25, 0.3) is 0 Å². The van der Waals surface area contributed by atoms with Gasteiger partial charge in [-0.05, 0) is 67.6 Å². The molecule has 3 rings (SSSR count). The molecule has 0 saturated heterocycles. The molecule has 1 aliphatic carbocycles. The minimum absolute atomic E-state index is 0.0647. The van der Waals surface area contributed by atoms with Crippen molar-refractivity contribution in [3.63, 3.8) is 0 Å². The van der Waals surface area contributed by atoms with Gasteiger partial charge < -0.3 is 4.90 Å². The molecule has 2 aromatic carbocycles. The maximum absolute atomic E-state index is 13.0. The molecule has 2 aromatic rings. The molecular weight excluding hydrogens is 277 g/mol. The first-order valence-corrected chi connectivity index (χ1v) is 7.67. The van der Waals surface area contributed by atoms with Crippen LogP contribution in [0.4, 0.5) is 4.39 Å². The summed E-state index contributed by atoms with van der Waals surface area (Å²) in [6.07, 6.45) is 2.11. The molecule has 0 heterocycles. The molecule has 0 atom stereocenters. The molecule has 0 aromatic heterocycles. The number of halogens is 1. The number of hydrogen-bond acceptors (Lipinski definition) is 1. The van der Waals surface area contributed by atoms with Gasteiger partial charge in [0, 0.05) is 18.2 Å². The van der Waals surface area contributed by atoms with Gasteiger partial charge in [-0.2, -0.15) is 0 Å². The number of carbonyl (C=O) groups excluding carboxylic acids is 1. The molecule has 114 valence electrons. The summed E-state index contributed by atoms with van der Waals surface area (Å²) < 4.78 is 13.0. The lowest BCUT2D eigenvalue weighted by Gasteiger charge is -2.23. The zero-order valence-corrected chi connectivity index (χ0v) is 13.0. The third kappa shape index (κ3) is 3.19. The molecule has 2 nitrogen and oxygen atoms in total. The normalized spacial score (nSPS) is 14.0. The highest BCUT2D eigenvalue weighted by Crippen LogP contribution is 2.30. The zero-order chi connectivity index (χ0) is 15.7. The van der Waals surface area contributed by atoms with Gasteiger partial charge in [0.15, 0.2) is 0 Å². The molecule has 0 radical (unpaired) electrons. The predicted molar refractivity (Wildman–Crippen MR) is 85.2 cm³/mol. The summed E-state index contributed by atoms with van der Waals surface area (Å²) in [5.74, 6) is -0.183. The first-order valence-electron chi connectivity index (χ1n) is 7.67. The summed E-state index contributed by atoms with van der Waals surface area (Å²) in [6, 6.07) is 12.5. The third-order valence-electron chi connectivity index (χ3n) is 4.27. The van der Waals surface area contributed by atoms with Gasteiger partial charge in [0.25, 0.3) is 5.91 Å². The molecular formula is C19H20FNO. The number of aryl methyl sites for hydroxylation is 2. The molecule has 1 saturated carbocycles. The van der Waals surface area contributed by atoms with E-state index in [2.05, 4.69) is 0 Å². The number of hydrogen-bond donors (Lipinski definition) is 0. The Morgan fingerprint density at radius 2 is 1.77 bits per heavy atom. The van der Waals surface area contributed by atoms with E-state index in [0.717, 1.165) is 29.5 Å². The van der Waals surface area contributed by atoms with Crippen LogP contribution in [0, 0.1) is 19.7 Å². The standard InChI is InChI=1S/C19H20FNO/c1-13-3-6-16(11-14(13)2)19(22)21(18-9-10-18)12-15-4-7-17(20)8-5-15/h3-8,11,18H,9-10,12H2,1-2H3. The van der Waals surface area contributed by atoms with Crippen molar-refractivity contribution in [3.8, 4) is 0 Å². The van der Waals surface area contributed by atoms with Crippen LogP contribution in [0.15, 0.2) is 42.5 Å². The van der Waals surface area contributed by atoms with Crippen molar-refractivity contribution in [1.82, 2.24) is 4.90 Å². The van der Waals surface area contributed by atoms with Gasteiger partial charge in [-0.3, -0.25) is 4.79 Å². The van der Waals surface area contributed by atoms with Crippen LogP contribution < -0.4 is 0 Å². The average Bonchev–Trinajstić information content (AvgIpc) is 3.33. The van der Waals surface area contributed by atoms with E-state index < -0.39 is 0 Å². The van der Waals surface area contributed by atoms with E-state index in [9.17, 15) is 9.18 Å². The number of benzene rings is 2. The van der Waals surface area contributed by atoms with Gasteiger partial charge in [0.05, 0.1) is 0 Å². The van der Waals surface area contributed by atoms with Crippen molar-refractivity contribution >= 4 is 5.91 Å². The van der Waals surface area contributed by atoms with Crippen molar-refractivity contribution in [2.75, 3.05) is 0 Å². The fraction of sp³-hybridized carbons (Fsp3) is 0.316. The van der Waals surface area contributed by atoms with Gasteiger partial charge in [0.1, 0.15) is 5.82 Å². The summed E-state index contributed by atoms with van der Waals surface area (Å²) >= 11 is 0. The first kappa shape index (κ1) is 14.8. The first-order chi connectivity index (χ1) is 10.5. The lowest BCUT2D eigenvalue weighted by molar-refractivity contribution is 0.0730. The predicted octanol–water partition coefficient (Wildman–Crippen LogP) is 4.25. The second kappa shape index (κ2) is 5.91. The van der Waals surface area contributed by atoms with Gasteiger partial charge in [-0.15, -0.1) is 0 Å². The molecule has 1 amide bonds. The quantitative estimate of drug-likeness (QED) is 0.826. The number of rotatable bonds is 4. The smallest absolute Gasteiger partial charge is 0.254 e. The van der Waals surface area contributed by atoms with Gasteiger partial charge in [-0.1, -0.05) is 18.2 Å². The summed E-state index contributed by atoms with van der Waals surface area (Å²) in [5, 5.41) is 0. The van der Waals surface area contributed by atoms with E-state index in [1.807, 2.05) is 36.9 Å². The Bertz CT molecular complexity index is 689. The Balaban J connectivity index is 1.82. The molecule has 0 unspecified atom stereocenters. The van der Waals surface area contributed by atoms with Crippen LogP contribution in [0.3, 0.4) is 0 Å². The largest absolute Gasteiger partial charge is 0.331 e. The van der Waals surface area contributed by atoms with Crippen molar-refractivity contribution in [3.05, 3.63) is 70.5 Å². The minimum atomic E-state index is -0.248. The molecule has 0 bridgehead atoms. The maximum atomic E-state index is 13.0. The van der Waals surface area contributed by atoms with Crippen molar-refractivity contribution in [2.24, 2.45) is 0 Å². The lowest BCUT2D eigenvalue weighted by atomic mass is 10.1. The fourth-order valence-corrected chi connectivity index (χ4v) is 2.58. The van der Waals surface area contributed by atoms with Crippen LogP contribution in [0.2, 0.25) is 0 Å². The van der Waals surface area contributed by atoms with Crippen LogP contribution in [0.5, 0.6) is 0 Å². The minimum Gasteiger partial charge on any atom is -0.331 e. The average molecular weight is 297 g/mol. The van der Waals surface area contributed by atoms with E-state index in [1.54, 1.807) is 12.1 Å². The Kier molecular flexibility index (Phi) is 3.97. The van der Waals surface area contributed by atoms with Crippen LogP contribution >= 0.6 is 0 Å². The number of carbonyl (C=O) groups is 1. The second-order valence-corrected chi connectivity index (χ2v) is 6.09. The van der Waals surface area contributed by atoms with Crippen LogP contribution in [-0.2, 0) is 6.54 Å². The molecule has 3 heteroatoms. The Morgan fingerprint density at radius 1 is 1.09 bits per heavy atom. The molecule has 0 spiro atoms. The monoisotopic (exact) mass is 297 g/mol. The third-order valence-corrected chi connectivity index (χ3v) is 4.27. The SMILES string of the molecule is Cc1ccc(C(=O)N(Cc2ccc(F)cc2)C2CC2)cc1C. The lowest BCUT2D eigenvalue weighted by Crippen LogP contribution is -2.32. The topological polar surface area (TPSA) is 20.3 Å². The summed E-state index contributed by atoms with van der Waals surface area (Å²) in [5.41, 5.74) is 4.01. The highest BCUT2D eigenvalue weighted by atomic mass is 19.1. The van der Waals surface area contributed by atoms with Crippen LogP contribution in [0.1, 0.15) is 39.9 Å². The highest BCUT2D eigenvalue weighted by molar-refractivity contribution is 5.94. The number of amides is 1. The van der Waals surface area contributed by atoms with Crippen molar-refractivity contribution in [1.29, 1.82) is 0 Å². The Morgan fingerprint density at radius 3 is 2.36 bits per heavy atom. The summed E-state index contributed by atoms with van der Waals surface area (Å²) in [6.45, 7) is 4.60. The maximum Gasteiger partial charge on any atom is 0.254 e. The van der Waals surface area contributed by atoms with Gasteiger partial charge in [0.2, 0.25) is 0 Å². The fourth-order valence-electron chi connectivity index (χ4n) is 2.58. The number of nitrogens with zero attached hydrogens (tertiary/aromatic N) is 1. The molecule has 0 N–H and O–H groups in total. The van der Waals surface area contributed by atoms with Crippen LogP contribution in [-0.4, -0.2) is 16.8 Å². The molecule has 22 heavy (non-hydrogen) atoms. The summed E-state index contributed by atoms with van der Waals surface area (Å²) in [4.78, 5) is 14.7. The molecule has 0 aliphatic heterocycles. The van der Waals surface area contributed by atoms with Crippen molar-refractivity contribution in [2.45, 2.75) is 39.3 Å². The zero-order valence-electron chi connectivity index (χ0n) is 13.0. The molecule has 1 fully saturated rings.